The maximum atomic E-state index is 12.0. The first kappa shape index (κ1) is 42.1. The highest BCUT2D eigenvalue weighted by Crippen LogP contribution is 2.38. The van der Waals surface area contributed by atoms with Crippen LogP contribution in [0.5, 0.6) is 0 Å². The molecule has 0 aliphatic carbocycles. The van der Waals surface area contributed by atoms with Crippen LogP contribution in [0.25, 0.3) is 0 Å². The standard InChI is InChI=1S/C16H36O3Si2.C5H8O5.C4H6O5/c1-10-14(19-21(8,9)16(2,3)4)13-15(17)18-11-12-20(5,6)7;1-10-4(7)2-3(6)5(8)9;5-2(4(8)9)1-3(6)7/h14H,10-13H2,1-9H3;3,6H,2H2,1H3,(H,8,9);2,5H,1H2,(H,6,7)(H,8,9)/t14-;3-;2-/m100/s1. The molecule has 0 heterocycles. The topological polar surface area (TPSA) is 214 Å². The fourth-order valence-electron chi connectivity index (χ4n) is 2.16. The summed E-state index contributed by atoms with van der Waals surface area (Å²) in [6.07, 6.45) is -3.48. The van der Waals surface area contributed by atoms with Gasteiger partial charge in [0.05, 0.1) is 39.1 Å². The van der Waals surface area contributed by atoms with Gasteiger partial charge in [0.25, 0.3) is 0 Å². The average molecular weight is 615 g/mol. The van der Waals surface area contributed by atoms with E-state index in [2.05, 4.69) is 65.2 Å². The molecule has 0 rings (SSSR count). The minimum absolute atomic E-state index is 0.00901. The Bertz CT molecular complexity index is 802. The summed E-state index contributed by atoms with van der Waals surface area (Å²) >= 11 is 0. The zero-order valence-electron chi connectivity index (χ0n) is 25.5. The number of aliphatic hydroxyl groups is 2. The maximum absolute atomic E-state index is 12.0. The summed E-state index contributed by atoms with van der Waals surface area (Å²) in [6.45, 7) is 20.6. The highest BCUT2D eigenvalue weighted by molar-refractivity contribution is 6.76. The Balaban J connectivity index is -0.000000596. The summed E-state index contributed by atoms with van der Waals surface area (Å²) in [6, 6.07) is 1.03. The molecule has 0 aliphatic rings. The van der Waals surface area contributed by atoms with Gasteiger partial charge in [0.15, 0.2) is 20.5 Å². The number of ether oxygens (including phenoxy) is 2. The van der Waals surface area contributed by atoms with E-state index in [0.717, 1.165) is 19.6 Å². The third-order valence-corrected chi connectivity index (χ3v) is 12.0. The lowest BCUT2D eigenvalue weighted by Gasteiger charge is -2.39. The van der Waals surface area contributed by atoms with Gasteiger partial charge in [-0.3, -0.25) is 14.4 Å². The van der Waals surface area contributed by atoms with Crippen molar-refractivity contribution >= 4 is 46.2 Å². The molecular formula is C25H50O13Si2. The fraction of sp³-hybridized carbons (Fsp3) is 0.800. The number of rotatable bonds is 14. The summed E-state index contributed by atoms with van der Waals surface area (Å²) in [5.41, 5.74) is 0. The van der Waals surface area contributed by atoms with Crippen molar-refractivity contribution in [1.82, 2.24) is 0 Å². The first-order valence-electron chi connectivity index (χ1n) is 12.8. The van der Waals surface area contributed by atoms with Crippen molar-refractivity contribution in [2.75, 3.05) is 13.7 Å². The molecule has 0 saturated carbocycles. The zero-order chi connectivity index (χ0) is 32.5. The van der Waals surface area contributed by atoms with Crippen LogP contribution >= 0.6 is 0 Å². The number of methoxy groups -OCH3 is 1. The van der Waals surface area contributed by atoms with Gasteiger partial charge in [0.2, 0.25) is 0 Å². The van der Waals surface area contributed by atoms with Gasteiger partial charge in [-0.15, -0.1) is 0 Å². The van der Waals surface area contributed by atoms with Gasteiger partial charge in [-0.05, 0) is 30.6 Å². The lowest BCUT2D eigenvalue weighted by Crippen LogP contribution is -2.44. The van der Waals surface area contributed by atoms with Gasteiger partial charge < -0.3 is 39.4 Å². The van der Waals surface area contributed by atoms with Crippen LogP contribution in [-0.4, -0.2) is 104 Å². The summed E-state index contributed by atoms with van der Waals surface area (Å²) in [7, 11) is -1.83. The first-order chi connectivity index (χ1) is 17.9. The number of hydrogen-bond acceptors (Lipinski definition) is 10. The normalized spacial score (nSPS) is 13.7. The molecule has 0 unspecified atom stereocenters. The molecule has 0 bridgehead atoms. The number of aliphatic hydroxyl groups excluding tert-OH is 2. The molecule has 0 amide bonds. The lowest BCUT2D eigenvalue weighted by atomic mass is 10.2. The Hall–Kier alpha value is -2.34. The number of esters is 2. The van der Waals surface area contributed by atoms with Gasteiger partial charge >= 0.3 is 29.8 Å². The minimum Gasteiger partial charge on any atom is -0.481 e. The third-order valence-electron chi connectivity index (χ3n) is 5.76. The number of hydrogen-bond donors (Lipinski definition) is 5. The summed E-state index contributed by atoms with van der Waals surface area (Å²) in [5.74, 6) is -5.12. The number of carboxylic acid groups (broad SMARTS) is 3. The molecule has 236 valence electrons. The van der Waals surface area contributed by atoms with Crippen molar-refractivity contribution in [1.29, 1.82) is 0 Å². The van der Waals surface area contributed by atoms with Crippen LogP contribution in [0.15, 0.2) is 0 Å². The van der Waals surface area contributed by atoms with E-state index >= 15 is 0 Å². The van der Waals surface area contributed by atoms with Gasteiger partial charge in [-0.1, -0.05) is 47.3 Å². The average Bonchev–Trinajstić information content (AvgIpc) is 2.76. The van der Waals surface area contributed by atoms with Gasteiger partial charge in [-0.25, -0.2) is 9.59 Å². The number of carbonyl (C=O) groups is 5. The van der Waals surface area contributed by atoms with Crippen molar-refractivity contribution in [3.63, 3.8) is 0 Å². The third kappa shape index (κ3) is 23.5. The van der Waals surface area contributed by atoms with Crippen LogP contribution in [0.1, 0.15) is 53.4 Å². The molecule has 0 spiro atoms. The quantitative estimate of drug-likeness (QED) is 0.141. The molecule has 15 heteroatoms. The van der Waals surface area contributed by atoms with E-state index in [0.29, 0.717) is 13.0 Å². The molecule has 3 atom stereocenters. The van der Waals surface area contributed by atoms with E-state index in [1.807, 2.05) is 0 Å². The van der Waals surface area contributed by atoms with E-state index in [1.165, 1.54) is 0 Å². The maximum Gasteiger partial charge on any atom is 0.333 e. The molecule has 0 saturated heterocycles. The largest absolute Gasteiger partial charge is 0.481 e. The van der Waals surface area contributed by atoms with Crippen LogP contribution in [0, 0.1) is 0 Å². The first-order valence-corrected chi connectivity index (χ1v) is 19.4. The molecule has 0 aromatic rings. The Kier molecular flexibility index (Phi) is 20.7. The van der Waals surface area contributed by atoms with Crippen molar-refractivity contribution in [3.05, 3.63) is 0 Å². The van der Waals surface area contributed by atoms with Crippen molar-refractivity contribution in [2.24, 2.45) is 0 Å². The molecule has 0 fully saturated rings. The smallest absolute Gasteiger partial charge is 0.333 e. The monoisotopic (exact) mass is 614 g/mol. The molecule has 0 aromatic carbocycles. The highest BCUT2D eigenvalue weighted by atomic mass is 28.4. The second kappa shape index (κ2) is 19.7. The Morgan fingerprint density at radius 2 is 1.23 bits per heavy atom. The van der Waals surface area contributed by atoms with Crippen LogP contribution < -0.4 is 0 Å². The van der Waals surface area contributed by atoms with Crippen LogP contribution in [0.3, 0.4) is 0 Å². The second-order valence-corrected chi connectivity index (χ2v) is 22.1. The van der Waals surface area contributed by atoms with Gasteiger partial charge in [-0.2, -0.15) is 0 Å². The molecule has 13 nitrogen and oxygen atoms in total. The lowest BCUT2D eigenvalue weighted by molar-refractivity contribution is -0.154. The molecule has 0 aromatic heterocycles. The van der Waals surface area contributed by atoms with E-state index in [4.69, 9.17) is 34.7 Å². The van der Waals surface area contributed by atoms with Crippen LogP contribution in [0.4, 0.5) is 0 Å². The van der Waals surface area contributed by atoms with Crippen molar-refractivity contribution in [3.8, 4) is 0 Å². The van der Waals surface area contributed by atoms with E-state index in [1.54, 1.807) is 0 Å². The molecule has 5 N–H and O–H groups in total. The minimum atomic E-state index is -1.82. The Morgan fingerprint density at radius 3 is 1.52 bits per heavy atom. The molecule has 40 heavy (non-hydrogen) atoms. The van der Waals surface area contributed by atoms with Crippen molar-refractivity contribution < 1.29 is 63.4 Å². The van der Waals surface area contributed by atoms with Gasteiger partial charge in [0, 0.05) is 8.07 Å². The summed E-state index contributed by atoms with van der Waals surface area (Å²) in [5, 5.41) is 40.9. The molecular weight excluding hydrogens is 564 g/mol. The zero-order valence-corrected chi connectivity index (χ0v) is 27.5. The van der Waals surface area contributed by atoms with E-state index in [9.17, 15) is 24.0 Å². The second-order valence-electron chi connectivity index (χ2n) is 11.7. The summed E-state index contributed by atoms with van der Waals surface area (Å²) < 4.78 is 15.8. The predicted molar refractivity (Wildman–Crippen MR) is 152 cm³/mol. The Labute approximate surface area is 239 Å². The number of carboxylic acids is 3. The Morgan fingerprint density at radius 1 is 0.775 bits per heavy atom. The molecule has 0 aliphatic heterocycles. The summed E-state index contributed by atoms with van der Waals surface area (Å²) in [4.78, 5) is 51.5. The van der Waals surface area contributed by atoms with E-state index in [-0.39, 0.29) is 17.1 Å². The number of carbonyl (C=O) groups excluding carboxylic acids is 2. The fourth-order valence-corrected chi connectivity index (χ4v) is 4.31. The van der Waals surface area contributed by atoms with Crippen LogP contribution in [0.2, 0.25) is 43.8 Å². The predicted octanol–water partition coefficient (Wildman–Crippen LogP) is 2.96. The van der Waals surface area contributed by atoms with Gasteiger partial charge in [0.1, 0.15) is 0 Å². The SMILES string of the molecule is CC[C@H](CC(=O)OCC[Si](C)(C)C)O[Si](C)(C)C(C)(C)C.COC(=O)C[C@H](O)C(=O)O.O=C(O)C[C@H](O)C(=O)O. The van der Waals surface area contributed by atoms with Crippen molar-refractivity contribution in [2.45, 2.75) is 116 Å². The van der Waals surface area contributed by atoms with Crippen LogP contribution in [-0.2, 0) is 37.9 Å². The highest BCUT2D eigenvalue weighted by Gasteiger charge is 2.39. The molecule has 0 radical (unpaired) electrons. The van der Waals surface area contributed by atoms with E-state index < -0.39 is 65.3 Å². The number of aliphatic carboxylic acids is 3.